The topological polar surface area (TPSA) is 41.5 Å². The molecule has 1 atom stereocenters. The number of ether oxygens (including phenoxy) is 1. The Balaban J connectivity index is 2.09. The highest BCUT2D eigenvalue weighted by Gasteiger charge is 2.30. The highest BCUT2D eigenvalue weighted by atomic mass is 16.5. The summed E-state index contributed by atoms with van der Waals surface area (Å²) in [6, 6.07) is 0.545. The summed E-state index contributed by atoms with van der Waals surface area (Å²) < 4.78 is 5.19. The molecule has 0 bridgehead atoms. The number of rotatable bonds is 6. The largest absolute Gasteiger partial charge is 0.389 e. The minimum absolute atomic E-state index is 0.434. The molecule has 0 saturated heterocycles. The van der Waals surface area contributed by atoms with Gasteiger partial charge >= 0.3 is 0 Å². The van der Waals surface area contributed by atoms with Crippen LogP contribution in [0, 0.1) is 0 Å². The number of hydrogen-bond donors (Lipinski definition) is 2. The van der Waals surface area contributed by atoms with E-state index in [1.165, 1.54) is 0 Å². The molecule has 0 aromatic heterocycles. The average molecular weight is 201 g/mol. The molecule has 1 unspecified atom stereocenters. The highest BCUT2D eigenvalue weighted by molar-refractivity contribution is 4.88. The third-order valence-corrected chi connectivity index (χ3v) is 2.99. The van der Waals surface area contributed by atoms with Gasteiger partial charge in [0.05, 0.1) is 11.7 Å². The molecular weight excluding hydrogens is 178 g/mol. The third-order valence-electron chi connectivity index (χ3n) is 2.99. The van der Waals surface area contributed by atoms with Crippen molar-refractivity contribution < 1.29 is 9.84 Å². The third kappa shape index (κ3) is 3.56. The summed E-state index contributed by atoms with van der Waals surface area (Å²) in [4.78, 5) is 0. The predicted octanol–water partition coefficient (Wildman–Crippen LogP) is 1.30. The summed E-state index contributed by atoms with van der Waals surface area (Å²) in [5.74, 6) is 0. The Hall–Kier alpha value is -0.120. The Labute approximate surface area is 86.8 Å². The molecule has 2 N–H and O–H groups in total. The van der Waals surface area contributed by atoms with E-state index in [0.717, 1.165) is 25.7 Å². The number of nitrogens with one attached hydrogen (secondary N) is 1. The van der Waals surface area contributed by atoms with Gasteiger partial charge in [0.1, 0.15) is 0 Å². The molecule has 1 saturated carbocycles. The van der Waals surface area contributed by atoms with Crippen LogP contribution in [0.4, 0.5) is 0 Å². The predicted molar refractivity (Wildman–Crippen MR) is 57.4 cm³/mol. The van der Waals surface area contributed by atoms with Gasteiger partial charge in [-0.2, -0.15) is 0 Å². The van der Waals surface area contributed by atoms with E-state index in [1.54, 1.807) is 7.11 Å². The van der Waals surface area contributed by atoms with Crippen LogP contribution in [-0.2, 0) is 4.74 Å². The summed E-state index contributed by atoms with van der Waals surface area (Å²) in [7, 11) is 1.76. The molecule has 1 aliphatic rings. The van der Waals surface area contributed by atoms with Gasteiger partial charge in [0.15, 0.2) is 0 Å². The number of hydrogen-bond acceptors (Lipinski definition) is 3. The summed E-state index contributed by atoms with van der Waals surface area (Å²) in [5, 5.41) is 13.3. The lowest BCUT2D eigenvalue weighted by molar-refractivity contribution is 0.000753. The molecule has 0 aromatic carbocycles. The second kappa shape index (κ2) is 5.10. The molecule has 3 nitrogen and oxygen atoms in total. The zero-order valence-electron chi connectivity index (χ0n) is 9.55. The normalized spacial score (nSPS) is 30.9. The van der Waals surface area contributed by atoms with Crippen molar-refractivity contribution in [1.82, 2.24) is 5.32 Å². The minimum Gasteiger partial charge on any atom is -0.389 e. The number of methoxy groups -OCH3 is 1. The van der Waals surface area contributed by atoms with Crippen LogP contribution in [0.3, 0.4) is 0 Å². The molecule has 3 heteroatoms. The van der Waals surface area contributed by atoms with Crippen molar-refractivity contribution in [3.05, 3.63) is 0 Å². The van der Waals surface area contributed by atoms with Gasteiger partial charge in [0.25, 0.3) is 0 Å². The molecule has 1 rings (SSSR count). The van der Waals surface area contributed by atoms with Crippen LogP contribution in [0.5, 0.6) is 0 Å². The van der Waals surface area contributed by atoms with Gasteiger partial charge in [-0.1, -0.05) is 13.3 Å². The zero-order valence-corrected chi connectivity index (χ0v) is 9.55. The van der Waals surface area contributed by atoms with Crippen LogP contribution in [0.15, 0.2) is 0 Å². The fourth-order valence-corrected chi connectivity index (χ4v) is 1.92. The van der Waals surface area contributed by atoms with E-state index in [2.05, 4.69) is 12.2 Å². The van der Waals surface area contributed by atoms with Crippen LogP contribution in [-0.4, -0.2) is 36.5 Å². The molecule has 1 aliphatic carbocycles. The van der Waals surface area contributed by atoms with Crippen molar-refractivity contribution in [2.24, 2.45) is 0 Å². The molecule has 1 fully saturated rings. The van der Waals surface area contributed by atoms with E-state index in [1.807, 2.05) is 6.92 Å². The van der Waals surface area contributed by atoms with E-state index < -0.39 is 5.60 Å². The first-order valence-electron chi connectivity index (χ1n) is 5.56. The number of aliphatic hydroxyl groups is 1. The van der Waals surface area contributed by atoms with Crippen molar-refractivity contribution in [2.45, 2.75) is 57.3 Å². The van der Waals surface area contributed by atoms with Gasteiger partial charge in [0, 0.05) is 19.7 Å². The quantitative estimate of drug-likeness (QED) is 0.680. The lowest BCUT2D eigenvalue weighted by Crippen LogP contribution is -2.50. The lowest BCUT2D eigenvalue weighted by Gasteiger charge is -2.37. The van der Waals surface area contributed by atoms with Crippen molar-refractivity contribution in [1.29, 1.82) is 0 Å². The Morgan fingerprint density at radius 3 is 2.64 bits per heavy atom. The smallest absolute Gasteiger partial charge is 0.0743 e. The van der Waals surface area contributed by atoms with E-state index in [9.17, 15) is 5.11 Å². The second-order valence-electron chi connectivity index (χ2n) is 4.65. The van der Waals surface area contributed by atoms with Crippen LogP contribution in [0.2, 0.25) is 0 Å². The minimum atomic E-state index is -0.549. The first-order chi connectivity index (χ1) is 6.57. The van der Waals surface area contributed by atoms with Crippen molar-refractivity contribution in [3.63, 3.8) is 0 Å². The van der Waals surface area contributed by atoms with Gasteiger partial charge in [-0.3, -0.25) is 0 Å². The zero-order chi connectivity index (χ0) is 10.6. The van der Waals surface area contributed by atoms with E-state index in [4.69, 9.17) is 4.74 Å². The maximum atomic E-state index is 9.91. The summed E-state index contributed by atoms with van der Waals surface area (Å²) >= 11 is 0. The van der Waals surface area contributed by atoms with Gasteiger partial charge in [-0.25, -0.2) is 0 Å². The molecule has 0 aliphatic heterocycles. The molecular formula is C11H23NO2. The van der Waals surface area contributed by atoms with Gasteiger partial charge in [-0.05, 0) is 26.2 Å². The first-order valence-corrected chi connectivity index (χ1v) is 5.56. The van der Waals surface area contributed by atoms with E-state index in [-0.39, 0.29) is 0 Å². The maximum absolute atomic E-state index is 9.91. The van der Waals surface area contributed by atoms with Gasteiger partial charge in [-0.15, -0.1) is 0 Å². The fourth-order valence-electron chi connectivity index (χ4n) is 1.92. The van der Waals surface area contributed by atoms with Crippen LogP contribution < -0.4 is 5.32 Å². The molecule has 0 aromatic rings. The molecule has 0 amide bonds. The summed E-state index contributed by atoms with van der Waals surface area (Å²) in [6.07, 6.45) is 4.49. The average Bonchev–Trinajstić information content (AvgIpc) is 2.01. The van der Waals surface area contributed by atoms with Crippen LogP contribution >= 0.6 is 0 Å². The Morgan fingerprint density at radius 1 is 1.50 bits per heavy atom. The first kappa shape index (κ1) is 12.0. The summed E-state index contributed by atoms with van der Waals surface area (Å²) in [5.41, 5.74) is -0.549. The Kier molecular flexibility index (Phi) is 4.35. The second-order valence-corrected chi connectivity index (χ2v) is 4.65. The van der Waals surface area contributed by atoms with Gasteiger partial charge < -0.3 is 15.2 Å². The van der Waals surface area contributed by atoms with Crippen LogP contribution in [0.1, 0.15) is 39.5 Å². The molecule has 0 spiro atoms. The molecule has 84 valence electrons. The SMILES string of the molecule is CCCC(C)(O)CNC1CC(OC)C1. The fraction of sp³-hybridized carbons (Fsp3) is 1.00. The van der Waals surface area contributed by atoms with Crippen molar-refractivity contribution in [3.8, 4) is 0 Å². The summed E-state index contributed by atoms with van der Waals surface area (Å²) in [6.45, 7) is 4.69. The molecule has 0 heterocycles. The molecule has 14 heavy (non-hydrogen) atoms. The Morgan fingerprint density at radius 2 is 2.14 bits per heavy atom. The van der Waals surface area contributed by atoms with Gasteiger partial charge in [0.2, 0.25) is 0 Å². The monoisotopic (exact) mass is 201 g/mol. The lowest BCUT2D eigenvalue weighted by atomic mass is 9.88. The maximum Gasteiger partial charge on any atom is 0.0743 e. The van der Waals surface area contributed by atoms with E-state index in [0.29, 0.717) is 18.7 Å². The molecule has 0 radical (unpaired) electrons. The van der Waals surface area contributed by atoms with E-state index >= 15 is 0 Å². The Bertz CT molecular complexity index is 165. The highest BCUT2D eigenvalue weighted by Crippen LogP contribution is 2.23. The standard InChI is InChI=1S/C11H23NO2/c1-4-5-11(2,13)8-12-9-6-10(7-9)14-3/h9-10,12-13H,4-8H2,1-3H3. The van der Waals surface area contributed by atoms with Crippen LogP contribution in [0.25, 0.3) is 0 Å². The van der Waals surface area contributed by atoms with Crippen molar-refractivity contribution >= 4 is 0 Å². The van der Waals surface area contributed by atoms with Crippen molar-refractivity contribution in [2.75, 3.05) is 13.7 Å².